The zero-order valence-corrected chi connectivity index (χ0v) is 7.37. The predicted octanol–water partition coefficient (Wildman–Crippen LogP) is 1.16. The van der Waals surface area contributed by atoms with E-state index in [1.807, 2.05) is 0 Å². The number of hydrogen-bond acceptors (Lipinski definition) is 4. The standard InChI is InChI=1S/C9H12O4/c1-13-9-7(11)4-6(2-3-10)5-8(9)12/h10-12H,2-4H2,1H3. The molecule has 0 aromatic rings. The zero-order valence-electron chi connectivity index (χ0n) is 7.37. The lowest BCUT2D eigenvalue weighted by Crippen LogP contribution is -2.04. The molecule has 13 heavy (non-hydrogen) atoms. The summed E-state index contributed by atoms with van der Waals surface area (Å²) in [7, 11) is 1.36. The van der Waals surface area contributed by atoms with Gasteiger partial charge in [-0.15, -0.1) is 0 Å². The van der Waals surface area contributed by atoms with Gasteiger partial charge in [0.2, 0.25) is 11.5 Å². The van der Waals surface area contributed by atoms with Gasteiger partial charge in [0.05, 0.1) is 7.11 Å². The molecule has 1 aliphatic carbocycles. The highest BCUT2D eigenvalue weighted by Gasteiger charge is 2.17. The summed E-state index contributed by atoms with van der Waals surface area (Å²) < 4.78 is 4.75. The van der Waals surface area contributed by atoms with Crippen molar-refractivity contribution >= 4 is 0 Å². The van der Waals surface area contributed by atoms with E-state index >= 15 is 0 Å². The van der Waals surface area contributed by atoms with Gasteiger partial charge in [0.25, 0.3) is 0 Å². The second-order valence-electron chi connectivity index (χ2n) is 2.71. The fourth-order valence-electron chi connectivity index (χ4n) is 1.19. The first-order valence-corrected chi connectivity index (χ1v) is 3.94. The fourth-order valence-corrected chi connectivity index (χ4v) is 1.19. The maximum absolute atomic E-state index is 9.37. The van der Waals surface area contributed by atoms with Gasteiger partial charge in [0.1, 0.15) is 5.76 Å². The summed E-state index contributed by atoms with van der Waals surface area (Å²) >= 11 is 0. The van der Waals surface area contributed by atoms with Crippen LogP contribution < -0.4 is 0 Å². The van der Waals surface area contributed by atoms with Gasteiger partial charge < -0.3 is 20.1 Å². The normalized spacial score (nSPS) is 16.8. The van der Waals surface area contributed by atoms with E-state index in [2.05, 4.69) is 5.73 Å². The molecule has 4 nitrogen and oxygen atoms in total. The van der Waals surface area contributed by atoms with E-state index in [1.54, 1.807) is 0 Å². The lowest BCUT2D eigenvalue weighted by molar-refractivity contribution is 0.220. The summed E-state index contributed by atoms with van der Waals surface area (Å²) in [6.07, 6.45) is 0.666. The van der Waals surface area contributed by atoms with Crippen molar-refractivity contribution in [2.24, 2.45) is 0 Å². The first kappa shape index (κ1) is 9.71. The Balaban J connectivity index is 2.94. The number of allylic oxidation sites excluding steroid dienone is 1. The molecule has 0 fully saturated rings. The first-order chi connectivity index (χ1) is 6.19. The van der Waals surface area contributed by atoms with Crippen molar-refractivity contribution < 1.29 is 20.1 Å². The SMILES string of the molecule is COC1=C(O)CC(CCO)=C=C1O. The minimum absolute atomic E-state index is 0.0226. The van der Waals surface area contributed by atoms with Crippen LogP contribution in [-0.2, 0) is 4.74 Å². The van der Waals surface area contributed by atoms with Crippen LogP contribution in [0, 0.1) is 0 Å². The minimum atomic E-state index is -0.213. The topological polar surface area (TPSA) is 69.9 Å². The molecule has 0 unspecified atom stereocenters. The molecule has 0 spiro atoms. The minimum Gasteiger partial charge on any atom is -0.508 e. The number of methoxy groups -OCH3 is 1. The van der Waals surface area contributed by atoms with Gasteiger partial charge in [0.15, 0.2) is 0 Å². The van der Waals surface area contributed by atoms with Crippen LogP contribution in [0.4, 0.5) is 0 Å². The van der Waals surface area contributed by atoms with E-state index in [0.29, 0.717) is 12.0 Å². The molecule has 4 heteroatoms. The highest BCUT2D eigenvalue weighted by Crippen LogP contribution is 2.23. The Kier molecular flexibility index (Phi) is 3.01. The monoisotopic (exact) mass is 184 g/mol. The number of rotatable bonds is 3. The van der Waals surface area contributed by atoms with Crippen LogP contribution in [0.15, 0.2) is 28.6 Å². The molecule has 0 aliphatic heterocycles. The van der Waals surface area contributed by atoms with Crippen molar-refractivity contribution in [3.63, 3.8) is 0 Å². The van der Waals surface area contributed by atoms with Crippen LogP contribution in [-0.4, -0.2) is 29.0 Å². The number of hydrogen-bond donors (Lipinski definition) is 3. The van der Waals surface area contributed by atoms with Gasteiger partial charge in [0, 0.05) is 13.0 Å². The van der Waals surface area contributed by atoms with E-state index in [4.69, 9.17) is 9.84 Å². The Hall–Kier alpha value is -1.38. The van der Waals surface area contributed by atoms with Crippen molar-refractivity contribution in [2.45, 2.75) is 12.8 Å². The molecule has 0 saturated carbocycles. The van der Waals surface area contributed by atoms with Gasteiger partial charge in [-0.05, 0) is 12.0 Å². The van der Waals surface area contributed by atoms with Crippen LogP contribution in [0.2, 0.25) is 0 Å². The molecule has 1 rings (SSSR count). The molecular weight excluding hydrogens is 172 g/mol. The molecule has 0 radical (unpaired) electrons. The van der Waals surface area contributed by atoms with Crippen molar-refractivity contribution in [1.82, 2.24) is 0 Å². The van der Waals surface area contributed by atoms with Crippen molar-refractivity contribution in [2.75, 3.05) is 13.7 Å². The molecular formula is C9H12O4. The number of aliphatic hydroxyl groups excluding tert-OH is 3. The maximum atomic E-state index is 9.37. The summed E-state index contributed by atoms with van der Waals surface area (Å²) in [5.74, 6) is -0.182. The molecule has 0 aromatic heterocycles. The Morgan fingerprint density at radius 3 is 2.62 bits per heavy atom. The average molecular weight is 184 g/mol. The van der Waals surface area contributed by atoms with E-state index < -0.39 is 0 Å². The molecule has 0 atom stereocenters. The third-order valence-corrected chi connectivity index (χ3v) is 1.77. The average Bonchev–Trinajstić information content (AvgIpc) is 2.04. The van der Waals surface area contributed by atoms with Crippen LogP contribution >= 0.6 is 0 Å². The Bertz CT molecular complexity index is 295. The van der Waals surface area contributed by atoms with Crippen molar-refractivity contribution in [3.05, 3.63) is 28.6 Å². The first-order valence-electron chi connectivity index (χ1n) is 3.94. The predicted molar refractivity (Wildman–Crippen MR) is 46.2 cm³/mol. The second-order valence-corrected chi connectivity index (χ2v) is 2.71. The zero-order chi connectivity index (χ0) is 9.84. The van der Waals surface area contributed by atoms with Crippen LogP contribution in [0.1, 0.15) is 12.8 Å². The Morgan fingerprint density at radius 1 is 1.46 bits per heavy atom. The summed E-state index contributed by atoms with van der Waals surface area (Å²) in [6.45, 7) is -0.0226. The van der Waals surface area contributed by atoms with Crippen LogP contribution in [0.3, 0.4) is 0 Å². The van der Waals surface area contributed by atoms with E-state index in [9.17, 15) is 10.2 Å². The van der Waals surface area contributed by atoms with Crippen molar-refractivity contribution in [3.8, 4) is 0 Å². The lowest BCUT2D eigenvalue weighted by atomic mass is 10.0. The molecule has 0 bridgehead atoms. The molecule has 72 valence electrons. The van der Waals surface area contributed by atoms with Gasteiger partial charge in [-0.2, -0.15) is 0 Å². The Morgan fingerprint density at radius 2 is 2.15 bits per heavy atom. The highest BCUT2D eigenvalue weighted by atomic mass is 16.5. The summed E-state index contributed by atoms with van der Waals surface area (Å²) in [4.78, 5) is 0. The van der Waals surface area contributed by atoms with Crippen LogP contribution in [0.5, 0.6) is 0 Å². The van der Waals surface area contributed by atoms with E-state index in [0.717, 1.165) is 0 Å². The van der Waals surface area contributed by atoms with E-state index in [-0.39, 0.29) is 30.3 Å². The summed E-state index contributed by atoms with van der Waals surface area (Å²) in [6, 6.07) is 0. The van der Waals surface area contributed by atoms with Crippen molar-refractivity contribution in [1.29, 1.82) is 0 Å². The van der Waals surface area contributed by atoms with Crippen LogP contribution in [0.25, 0.3) is 0 Å². The third kappa shape index (κ3) is 2.05. The molecule has 1 aliphatic rings. The second kappa shape index (κ2) is 4.03. The fraction of sp³-hybridized carbons (Fsp3) is 0.444. The van der Waals surface area contributed by atoms with E-state index in [1.165, 1.54) is 7.11 Å². The quantitative estimate of drug-likeness (QED) is 0.575. The summed E-state index contributed by atoms with van der Waals surface area (Å²) in [5, 5.41) is 27.3. The smallest absolute Gasteiger partial charge is 0.207 e. The largest absolute Gasteiger partial charge is 0.508 e. The number of aliphatic hydroxyl groups is 3. The van der Waals surface area contributed by atoms with Gasteiger partial charge in [-0.1, -0.05) is 5.73 Å². The highest BCUT2D eigenvalue weighted by molar-refractivity contribution is 5.30. The molecule has 0 heterocycles. The molecule has 3 N–H and O–H groups in total. The molecule has 0 amide bonds. The maximum Gasteiger partial charge on any atom is 0.207 e. The van der Waals surface area contributed by atoms with Gasteiger partial charge in [-0.25, -0.2) is 0 Å². The number of ether oxygens (including phenoxy) is 1. The van der Waals surface area contributed by atoms with Gasteiger partial charge in [-0.3, -0.25) is 0 Å². The summed E-state index contributed by atoms with van der Waals surface area (Å²) in [5.41, 5.74) is 3.30. The molecule has 0 aromatic carbocycles. The Labute approximate surface area is 76.1 Å². The lowest BCUT2D eigenvalue weighted by Gasteiger charge is -2.12. The third-order valence-electron chi connectivity index (χ3n) is 1.77. The van der Waals surface area contributed by atoms with Gasteiger partial charge >= 0.3 is 0 Å². The molecule has 0 saturated heterocycles.